The van der Waals surface area contributed by atoms with Crippen LogP contribution in [0.5, 0.6) is 0 Å². The summed E-state index contributed by atoms with van der Waals surface area (Å²) in [5.41, 5.74) is 0.552. The maximum Gasteiger partial charge on any atom is 0.308 e. The van der Waals surface area contributed by atoms with E-state index in [1.165, 1.54) is 70.6 Å². The summed E-state index contributed by atoms with van der Waals surface area (Å²) in [6.45, 7) is 22.7. The maximum absolute atomic E-state index is 13.2. The zero-order chi connectivity index (χ0) is 35.6. The molecule has 0 bridgehead atoms. The van der Waals surface area contributed by atoms with Gasteiger partial charge in [-0.3, -0.25) is 4.79 Å². The standard InChI is InChI=1S/C41H78N4O4/c1-28(2)38(46)48-27-30(5)33-13-14-34-37-35(16-18-41(33,34)7)40(6)17-15-32(25-31(40)26-36(37)49-39(47)29(3)4)45-24-12-23-44-21-10-9-20-43-22-11-19-42-8/h28-38,42-46H,9-27H2,1-8H3/t30?,31?,32?,33-,34?,35?,36+,37?,38?,40+,41-/m1/s1. The maximum atomic E-state index is 13.2. The molecule has 4 aliphatic rings. The number of unbranched alkanes of at least 4 members (excludes halogenated alkanes) is 1. The van der Waals surface area contributed by atoms with Gasteiger partial charge in [-0.1, -0.05) is 48.5 Å². The van der Waals surface area contributed by atoms with Crippen molar-refractivity contribution in [3.63, 3.8) is 0 Å². The molecule has 4 fully saturated rings. The Bertz CT molecular complexity index is 981. The average Bonchev–Trinajstić information content (AvgIpc) is 3.43. The number of aliphatic hydroxyl groups excluding tert-OH is 1. The van der Waals surface area contributed by atoms with Crippen LogP contribution in [0, 0.1) is 58.2 Å². The summed E-state index contributed by atoms with van der Waals surface area (Å²) >= 11 is 0. The van der Waals surface area contributed by atoms with Crippen LogP contribution in [0.15, 0.2) is 0 Å². The molecule has 4 rings (SSSR count). The van der Waals surface area contributed by atoms with Crippen LogP contribution < -0.4 is 21.3 Å². The molecule has 8 heteroatoms. The molecule has 4 saturated carbocycles. The third kappa shape index (κ3) is 10.4. The molecular formula is C41H78N4O4. The fourth-order valence-electron chi connectivity index (χ4n) is 11.0. The van der Waals surface area contributed by atoms with Crippen molar-refractivity contribution in [1.29, 1.82) is 0 Å². The second kappa shape index (κ2) is 19.3. The van der Waals surface area contributed by atoms with Gasteiger partial charge >= 0.3 is 5.97 Å². The lowest BCUT2D eigenvalue weighted by Crippen LogP contribution is -2.60. The molecule has 8 nitrogen and oxygen atoms in total. The third-order valence-electron chi connectivity index (χ3n) is 14.0. The minimum Gasteiger partial charge on any atom is -0.462 e. The molecule has 0 aromatic rings. The van der Waals surface area contributed by atoms with Crippen molar-refractivity contribution in [2.75, 3.05) is 52.9 Å². The lowest BCUT2D eigenvalue weighted by molar-refractivity contribution is -0.195. The summed E-state index contributed by atoms with van der Waals surface area (Å²) < 4.78 is 12.5. The van der Waals surface area contributed by atoms with E-state index in [4.69, 9.17) is 9.47 Å². The highest BCUT2D eigenvalue weighted by atomic mass is 16.6. The second-order valence-corrected chi connectivity index (χ2v) is 18.0. The SMILES string of the molecule is CNCCCNCCCCNCCCNC1CC[C@@]2(C)C(C1)C[C@H](OC(=O)C(C)C)C1C2CC[C@@]2(C)C1CC[C@@H]2C(C)COC(O)C(C)C. The quantitative estimate of drug-likeness (QED) is 0.0539. The Morgan fingerprint density at radius 3 is 2.08 bits per heavy atom. The zero-order valence-electron chi connectivity index (χ0n) is 33.0. The van der Waals surface area contributed by atoms with Gasteiger partial charge in [-0.2, -0.15) is 0 Å². The first-order valence-corrected chi connectivity index (χ1v) is 20.7. The van der Waals surface area contributed by atoms with Gasteiger partial charge in [0.15, 0.2) is 6.29 Å². The normalized spacial score (nSPS) is 35.5. The van der Waals surface area contributed by atoms with Gasteiger partial charge in [0.1, 0.15) is 6.10 Å². The highest BCUT2D eigenvalue weighted by Gasteiger charge is 2.64. The van der Waals surface area contributed by atoms with Crippen molar-refractivity contribution in [3.05, 3.63) is 0 Å². The summed E-state index contributed by atoms with van der Waals surface area (Å²) in [5.74, 6) is 3.23. The Labute approximate surface area is 301 Å². The molecule has 5 N–H and O–H groups in total. The van der Waals surface area contributed by atoms with Crippen molar-refractivity contribution in [3.8, 4) is 0 Å². The highest BCUT2D eigenvalue weighted by molar-refractivity contribution is 5.71. The number of hydrogen-bond donors (Lipinski definition) is 5. The number of esters is 1. The van der Waals surface area contributed by atoms with Crippen molar-refractivity contribution in [2.24, 2.45) is 58.2 Å². The number of hydrogen-bond acceptors (Lipinski definition) is 8. The Hall–Kier alpha value is -0.770. The predicted molar refractivity (Wildman–Crippen MR) is 201 cm³/mol. The monoisotopic (exact) mass is 691 g/mol. The first kappa shape index (κ1) is 41.0. The van der Waals surface area contributed by atoms with E-state index in [0.29, 0.717) is 53.6 Å². The van der Waals surface area contributed by atoms with Crippen molar-refractivity contribution in [2.45, 2.75) is 144 Å². The van der Waals surface area contributed by atoms with E-state index in [0.717, 1.165) is 45.7 Å². The number of aliphatic hydroxyl groups is 1. The molecule has 4 aliphatic carbocycles. The smallest absolute Gasteiger partial charge is 0.308 e. The number of carbonyl (C=O) groups is 1. The molecule has 0 radical (unpaired) electrons. The molecule has 286 valence electrons. The van der Waals surface area contributed by atoms with Gasteiger partial charge in [-0.15, -0.1) is 0 Å². The van der Waals surface area contributed by atoms with Crippen molar-refractivity contribution < 1.29 is 19.4 Å². The molecule has 0 amide bonds. The fraction of sp³-hybridized carbons (Fsp3) is 0.976. The third-order valence-corrected chi connectivity index (χ3v) is 14.0. The molecule has 0 aromatic heterocycles. The van der Waals surface area contributed by atoms with Gasteiger partial charge in [0.05, 0.1) is 12.5 Å². The molecule has 0 spiro atoms. The van der Waals surface area contributed by atoms with E-state index < -0.39 is 6.29 Å². The van der Waals surface area contributed by atoms with E-state index in [2.05, 4.69) is 42.0 Å². The Kier molecular flexibility index (Phi) is 16.2. The van der Waals surface area contributed by atoms with E-state index in [9.17, 15) is 9.90 Å². The average molecular weight is 691 g/mol. The minimum absolute atomic E-state index is 0.0163. The number of nitrogens with one attached hydrogen (secondary N) is 4. The number of fused-ring (bicyclic) bond motifs is 5. The second-order valence-electron chi connectivity index (χ2n) is 18.0. The molecule has 49 heavy (non-hydrogen) atoms. The molecule has 11 atom stereocenters. The first-order valence-electron chi connectivity index (χ1n) is 20.7. The van der Waals surface area contributed by atoms with Crippen molar-refractivity contribution >= 4 is 5.97 Å². The van der Waals surface area contributed by atoms with Crippen LogP contribution in [-0.2, 0) is 14.3 Å². The van der Waals surface area contributed by atoms with Crippen LogP contribution in [0.3, 0.4) is 0 Å². The number of ether oxygens (including phenoxy) is 2. The topological polar surface area (TPSA) is 104 Å². The van der Waals surface area contributed by atoms with Gasteiger partial charge in [0, 0.05) is 17.9 Å². The van der Waals surface area contributed by atoms with E-state index in [1.54, 1.807) is 0 Å². The Morgan fingerprint density at radius 1 is 0.796 bits per heavy atom. The summed E-state index contributed by atoms with van der Waals surface area (Å²) in [6, 6.07) is 0.566. The largest absolute Gasteiger partial charge is 0.462 e. The first-order chi connectivity index (χ1) is 23.4. The summed E-state index contributed by atoms with van der Waals surface area (Å²) in [4.78, 5) is 13.2. The van der Waals surface area contributed by atoms with E-state index in [1.807, 2.05) is 34.7 Å². The van der Waals surface area contributed by atoms with Crippen LogP contribution in [0.25, 0.3) is 0 Å². The molecular weight excluding hydrogens is 612 g/mol. The van der Waals surface area contributed by atoms with Crippen molar-refractivity contribution in [1.82, 2.24) is 21.3 Å². The van der Waals surface area contributed by atoms with Gasteiger partial charge in [0.25, 0.3) is 0 Å². The molecule has 7 unspecified atom stereocenters. The van der Waals surface area contributed by atoms with E-state index in [-0.39, 0.29) is 29.3 Å². The summed E-state index contributed by atoms with van der Waals surface area (Å²) in [5, 5.41) is 24.7. The predicted octanol–water partition coefficient (Wildman–Crippen LogP) is 6.37. The summed E-state index contributed by atoms with van der Waals surface area (Å²) in [6.07, 6.45) is 13.9. The lowest BCUT2D eigenvalue weighted by Gasteiger charge is -2.63. The number of carbonyl (C=O) groups excluding carboxylic acids is 1. The lowest BCUT2D eigenvalue weighted by atomic mass is 9.43. The van der Waals surface area contributed by atoms with Crippen LogP contribution in [-0.4, -0.2) is 82.4 Å². The Morgan fingerprint density at radius 2 is 1.43 bits per heavy atom. The summed E-state index contributed by atoms with van der Waals surface area (Å²) in [7, 11) is 2.01. The van der Waals surface area contributed by atoms with Gasteiger partial charge < -0.3 is 35.8 Å². The highest BCUT2D eigenvalue weighted by Crippen LogP contribution is 2.68. The Balaban J connectivity index is 1.30. The van der Waals surface area contributed by atoms with Crippen LogP contribution >= 0.6 is 0 Å². The zero-order valence-corrected chi connectivity index (χ0v) is 33.0. The molecule has 0 aliphatic heterocycles. The van der Waals surface area contributed by atoms with Crippen LogP contribution in [0.2, 0.25) is 0 Å². The van der Waals surface area contributed by atoms with E-state index >= 15 is 0 Å². The van der Waals surface area contributed by atoms with Crippen LogP contribution in [0.4, 0.5) is 0 Å². The molecule has 0 aromatic carbocycles. The van der Waals surface area contributed by atoms with Gasteiger partial charge in [-0.05, 0) is 164 Å². The van der Waals surface area contributed by atoms with Crippen LogP contribution in [0.1, 0.15) is 126 Å². The fourth-order valence-corrected chi connectivity index (χ4v) is 11.0. The molecule has 0 heterocycles. The van der Waals surface area contributed by atoms with Gasteiger partial charge in [0.2, 0.25) is 0 Å². The van der Waals surface area contributed by atoms with Gasteiger partial charge in [-0.25, -0.2) is 0 Å². The molecule has 0 saturated heterocycles. The number of rotatable bonds is 21. The minimum atomic E-state index is -0.694.